The predicted molar refractivity (Wildman–Crippen MR) is 111 cm³/mol. The quantitative estimate of drug-likeness (QED) is 0.553. The molecule has 0 saturated carbocycles. The number of anilines is 1. The number of aryl methyl sites for hydroxylation is 2. The van der Waals surface area contributed by atoms with Gasteiger partial charge in [-0.05, 0) is 55.8 Å². The van der Waals surface area contributed by atoms with Crippen LogP contribution in [0.1, 0.15) is 32.9 Å². The van der Waals surface area contributed by atoms with Crippen molar-refractivity contribution >= 4 is 17.6 Å². The third-order valence-electron chi connectivity index (χ3n) is 4.51. The maximum absolute atomic E-state index is 12.2. The van der Waals surface area contributed by atoms with Gasteiger partial charge in [-0.3, -0.25) is 4.79 Å². The highest BCUT2D eigenvalue weighted by Gasteiger charge is 2.12. The second-order valence-corrected chi connectivity index (χ2v) is 6.77. The van der Waals surface area contributed by atoms with Gasteiger partial charge in [0.25, 0.3) is 5.91 Å². The zero-order chi connectivity index (χ0) is 22.2. The van der Waals surface area contributed by atoms with E-state index in [9.17, 15) is 9.59 Å². The molecule has 8 nitrogen and oxygen atoms in total. The number of aromatic nitrogens is 1. The Morgan fingerprint density at radius 3 is 2.42 bits per heavy atom. The fourth-order valence-corrected chi connectivity index (χ4v) is 2.76. The molecule has 0 saturated heterocycles. The van der Waals surface area contributed by atoms with Crippen LogP contribution in [0.5, 0.6) is 5.75 Å². The third-order valence-corrected chi connectivity index (χ3v) is 4.51. The summed E-state index contributed by atoms with van der Waals surface area (Å²) in [7, 11) is 0. The van der Waals surface area contributed by atoms with Crippen molar-refractivity contribution in [1.29, 1.82) is 5.26 Å². The number of amides is 1. The van der Waals surface area contributed by atoms with Crippen molar-refractivity contribution in [3.05, 3.63) is 76.7 Å². The van der Waals surface area contributed by atoms with E-state index in [2.05, 4.69) is 16.5 Å². The van der Waals surface area contributed by atoms with E-state index < -0.39 is 18.5 Å². The molecule has 1 aromatic heterocycles. The summed E-state index contributed by atoms with van der Waals surface area (Å²) in [6, 6.07) is 15.4. The number of nitrogens with one attached hydrogen (secondary N) is 1. The molecule has 2 aromatic carbocycles. The molecule has 31 heavy (non-hydrogen) atoms. The molecule has 1 N–H and O–H groups in total. The van der Waals surface area contributed by atoms with Crippen molar-refractivity contribution in [3.8, 4) is 11.8 Å². The molecule has 0 fully saturated rings. The number of esters is 1. The molecular formula is C23H21N3O5. The van der Waals surface area contributed by atoms with E-state index in [1.807, 2.05) is 13.8 Å². The monoisotopic (exact) mass is 419 g/mol. The lowest BCUT2D eigenvalue weighted by Gasteiger charge is -2.08. The number of hydrogen-bond donors (Lipinski definition) is 1. The van der Waals surface area contributed by atoms with Crippen molar-refractivity contribution in [2.75, 3.05) is 11.9 Å². The van der Waals surface area contributed by atoms with Gasteiger partial charge < -0.3 is 19.3 Å². The SMILES string of the molecule is Cc1noc(C)c1COc1ccc(C(=O)OCC(=O)Nc2ccc(CC#N)cc2)cc1. The Labute approximate surface area is 179 Å². The Kier molecular flexibility index (Phi) is 7.01. The molecule has 1 amide bonds. The molecule has 0 spiro atoms. The Morgan fingerprint density at radius 1 is 1.10 bits per heavy atom. The van der Waals surface area contributed by atoms with Crippen LogP contribution in [0.2, 0.25) is 0 Å². The van der Waals surface area contributed by atoms with Gasteiger partial charge in [0, 0.05) is 5.69 Å². The average Bonchev–Trinajstić information content (AvgIpc) is 3.10. The van der Waals surface area contributed by atoms with E-state index in [4.69, 9.17) is 19.3 Å². The zero-order valence-electron chi connectivity index (χ0n) is 17.2. The van der Waals surface area contributed by atoms with Crippen molar-refractivity contribution in [2.45, 2.75) is 26.9 Å². The van der Waals surface area contributed by atoms with E-state index >= 15 is 0 Å². The summed E-state index contributed by atoms with van der Waals surface area (Å²) in [5.74, 6) is 0.209. The number of carbonyl (C=O) groups excluding carboxylic acids is 2. The maximum atomic E-state index is 12.2. The largest absolute Gasteiger partial charge is 0.489 e. The van der Waals surface area contributed by atoms with Crippen LogP contribution < -0.4 is 10.1 Å². The number of rotatable bonds is 8. The molecule has 0 atom stereocenters. The number of benzene rings is 2. The highest BCUT2D eigenvalue weighted by molar-refractivity contribution is 5.95. The molecule has 0 aliphatic carbocycles. The smallest absolute Gasteiger partial charge is 0.338 e. The minimum absolute atomic E-state index is 0.301. The number of nitrogens with zero attached hydrogens (tertiary/aromatic N) is 2. The second-order valence-electron chi connectivity index (χ2n) is 6.77. The van der Waals surface area contributed by atoms with E-state index in [1.54, 1.807) is 48.5 Å². The van der Waals surface area contributed by atoms with Crippen LogP contribution in [-0.2, 0) is 22.6 Å². The Balaban J connectivity index is 1.46. The van der Waals surface area contributed by atoms with Crippen LogP contribution in [0.4, 0.5) is 5.69 Å². The summed E-state index contributed by atoms with van der Waals surface area (Å²) in [5.41, 5.74) is 3.37. The standard InChI is InChI=1S/C23H21N3O5/c1-15-21(16(2)31-26-15)13-29-20-9-5-18(6-10-20)23(28)30-14-22(27)25-19-7-3-17(4-8-19)11-12-24/h3-10H,11,13-14H2,1-2H3,(H,25,27). The van der Waals surface area contributed by atoms with Crippen LogP contribution >= 0.6 is 0 Å². The number of nitriles is 1. The van der Waals surface area contributed by atoms with Gasteiger partial charge in [0.15, 0.2) is 6.61 Å². The minimum Gasteiger partial charge on any atom is -0.489 e. The van der Waals surface area contributed by atoms with E-state index in [1.165, 1.54) is 0 Å². The normalized spacial score (nSPS) is 10.2. The van der Waals surface area contributed by atoms with E-state index in [-0.39, 0.29) is 0 Å². The van der Waals surface area contributed by atoms with Crippen LogP contribution in [-0.4, -0.2) is 23.6 Å². The molecule has 0 radical (unpaired) electrons. The van der Waals surface area contributed by atoms with Gasteiger partial charge in [-0.2, -0.15) is 5.26 Å². The Hall–Kier alpha value is -4.12. The first-order chi connectivity index (χ1) is 15.0. The molecular weight excluding hydrogens is 398 g/mol. The van der Waals surface area contributed by atoms with Gasteiger partial charge in [0.1, 0.15) is 18.1 Å². The number of ether oxygens (including phenoxy) is 2. The number of carbonyl (C=O) groups is 2. The van der Waals surface area contributed by atoms with Crippen LogP contribution in [0.25, 0.3) is 0 Å². The van der Waals surface area contributed by atoms with Crippen LogP contribution in [0.3, 0.4) is 0 Å². The first-order valence-electron chi connectivity index (χ1n) is 9.53. The van der Waals surface area contributed by atoms with Crippen molar-refractivity contribution in [1.82, 2.24) is 5.16 Å². The third kappa shape index (κ3) is 5.93. The summed E-state index contributed by atoms with van der Waals surface area (Å²) in [6.07, 6.45) is 0.301. The summed E-state index contributed by atoms with van der Waals surface area (Å²) < 4.78 is 15.9. The van der Waals surface area contributed by atoms with Gasteiger partial charge in [-0.15, -0.1) is 0 Å². The second kappa shape index (κ2) is 10.1. The molecule has 3 aromatic rings. The predicted octanol–water partition coefficient (Wildman–Crippen LogP) is 3.73. The first kappa shape index (κ1) is 21.6. The van der Waals surface area contributed by atoms with Crippen LogP contribution in [0.15, 0.2) is 53.1 Å². The fraction of sp³-hybridized carbons (Fsp3) is 0.217. The Bertz CT molecular complexity index is 1080. The Morgan fingerprint density at radius 2 is 1.81 bits per heavy atom. The summed E-state index contributed by atoms with van der Waals surface area (Å²) in [4.78, 5) is 24.2. The molecule has 8 heteroatoms. The van der Waals surface area contributed by atoms with Gasteiger partial charge in [-0.1, -0.05) is 17.3 Å². The molecule has 0 unspecified atom stereocenters. The highest BCUT2D eigenvalue weighted by atomic mass is 16.5. The van der Waals surface area contributed by atoms with Gasteiger partial charge in [-0.25, -0.2) is 4.79 Å². The van der Waals surface area contributed by atoms with Gasteiger partial charge in [0.05, 0.1) is 29.3 Å². The zero-order valence-corrected chi connectivity index (χ0v) is 17.2. The summed E-state index contributed by atoms with van der Waals surface area (Å²) in [6.45, 7) is 3.55. The molecule has 158 valence electrons. The van der Waals surface area contributed by atoms with E-state index in [0.717, 1.165) is 16.8 Å². The summed E-state index contributed by atoms with van der Waals surface area (Å²) in [5, 5.41) is 15.2. The molecule has 0 aliphatic rings. The molecule has 1 heterocycles. The maximum Gasteiger partial charge on any atom is 0.338 e. The first-order valence-corrected chi connectivity index (χ1v) is 9.53. The molecule has 0 bridgehead atoms. The topological polar surface area (TPSA) is 114 Å². The lowest BCUT2D eigenvalue weighted by Crippen LogP contribution is -2.20. The number of hydrogen-bond acceptors (Lipinski definition) is 7. The highest BCUT2D eigenvalue weighted by Crippen LogP contribution is 2.18. The minimum atomic E-state index is -0.614. The lowest BCUT2D eigenvalue weighted by molar-refractivity contribution is -0.119. The average molecular weight is 419 g/mol. The van der Waals surface area contributed by atoms with Crippen LogP contribution in [0, 0.1) is 25.2 Å². The van der Waals surface area contributed by atoms with Crippen molar-refractivity contribution < 1.29 is 23.6 Å². The molecule has 3 rings (SSSR count). The van der Waals surface area contributed by atoms with Crippen molar-refractivity contribution in [3.63, 3.8) is 0 Å². The van der Waals surface area contributed by atoms with E-state index in [0.29, 0.717) is 35.8 Å². The van der Waals surface area contributed by atoms with Crippen molar-refractivity contribution in [2.24, 2.45) is 0 Å². The lowest BCUT2D eigenvalue weighted by atomic mass is 10.1. The van der Waals surface area contributed by atoms with Gasteiger partial charge >= 0.3 is 5.97 Å². The molecule has 0 aliphatic heterocycles. The fourth-order valence-electron chi connectivity index (χ4n) is 2.76. The van der Waals surface area contributed by atoms with Gasteiger partial charge in [0.2, 0.25) is 0 Å². The summed E-state index contributed by atoms with van der Waals surface area (Å²) >= 11 is 0.